The summed E-state index contributed by atoms with van der Waals surface area (Å²) >= 11 is 0. The zero-order valence-corrected chi connectivity index (χ0v) is 18.5. The van der Waals surface area contributed by atoms with Crippen LogP contribution in [0.4, 0.5) is 4.79 Å². The predicted octanol–water partition coefficient (Wildman–Crippen LogP) is 4.99. The summed E-state index contributed by atoms with van der Waals surface area (Å²) in [5.74, 6) is 1.52. The fourth-order valence-corrected chi connectivity index (χ4v) is 3.82. The van der Waals surface area contributed by atoms with Gasteiger partial charge >= 0.3 is 6.03 Å². The summed E-state index contributed by atoms with van der Waals surface area (Å²) in [6.07, 6.45) is 2.63. The van der Waals surface area contributed by atoms with E-state index >= 15 is 0 Å². The van der Waals surface area contributed by atoms with Crippen molar-refractivity contribution in [2.45, 2.75) is 26.3 Å². The van der Waals surface area contributed by atoms with E-state index in [0.29, 0.717) is 24.0 Å². The predicted molar refractivity (Wildman–Crippen MR) is 123 cm³/mol. The van der Waals surface area contributed by atoms with Crippen molar-refractivity contribution in [1.29, 1.82) is 0 Å². The lowest BCUT2D eigenvalue weighted by molar-refractivity contribution is 0.209. The molecule has 32 heavy (non-hydrogen) atoms. The Morgan fingerprint density at radius 3 is 2.72 bits per heavy atom. The second-order valence-electron chi connectivity index (χ2n) is 7.53. The number of hydrogen-bond acceptors (Lipinski definition) is 5. The number of allylic oxidation sites excluding steroid dienone is 1. The van der Waals surface area contributed by atoms with Crippen molar-refractivity contribution >= 4 is 11.6 Å². The molecule has 0 spiro atoms. The highest BCUT2D eigenvalue weighted by Gasteiger charge is 2.35. The number of ether oxygens (including phenoxy) is 1. The number of aryl methyl sites for hydroxylation is 1. The number of urea groups is 1. The first-order valence-electron chi connectivity index (χ1n) is 10.5. The lowest BCUT2D eigenvalue weighted by Crippen LogP contribution is -2.46. The normalized spacial score (nSPS) is 16.2. The minimum Gasteiger partial charge on any atom is -0.497 e. The lowest BCUT2D eigenvalue weighted by atomic mass is 9.93. The number of carbonyl (C=O) groups excluding carboxylic acids is 1. The Labute approximate surface area is 187 Å². The van der Waals surface area contributed by atoms with E-state index in [0.717, 1.165) is 28.8 Å². The molecule has 0 saturated carbocycles. The Morgan fingerprint density at radius 1 is 1.25 bits per heavy atom. The first kappa shape index (κ1) is 21.4. The number of nitrogens with one attached hydrogen (secondary N) is 1. The summed E-state index contributed by atoms with van der Waals surface area (Å²) < 4.78 is 11.0. The molecule has 0 fully saturated rings. The van der Waals surface area contributed by atoms with Gasteiger partial charge in [-0.2, -0.15) is 4.98 Å². The fourth-order valence-electron chi connectivity index (χ4n) is 3.82. The molecule has 2 amide bonds. The average molecular weight is 431 g/mol. The molecule has 1 aliphatic rings. The summed E-state index contributed by atoms with van der Waals surface area (Å²) in [6, 6.07) is 15.1. The van der Waals surface area contributed by atoms with Gasteiger partial charge in [0.05, 0.1) is 18.7 Å². The fraction of sp³-hybridized carbons (Fsp3) is 0.240. The van der Waals surface area contributed by atoms with Crippen molar-refractivity contribution in [2.24, 2.45) is 0 Å². The van der Waals surface area contributed by atoms with Crippen molar-refractivity contribution in [3.63, 3.8) is 0 Å². The zero-order valence-electron chi connectivity index (χ0n) is 18.5. The molecule has 1 atom stereocenters. The Hall–Kier alpha value is -3.87. The number of amides is 2. The van der Waals surface area contributed by atoms with Crippen LogP contribution >= 0.6 is 0 Å². The summed E-state index contributed by atoms with van der Waals surface area (Å²) in [5, 5.41) is 7.27. The van der Waals surface area contributed by atoms with Crippen molar-refractivity contribution in [1.82, 2.24) is 20.4 Å². The second kappa shape index (κ2) is 9.09. The van der Waals surface area contributed by atoms with Crippen LogP contribution in [0.1, 0.15) is 36.9 Å². The highest BCUT2D eigenvalue weighted by atomic mass is 16.5. The Morgan fingerprint density at radius 2 is 2.03 bits per heavy atom. The Kier molecular flexibility index (Phi) is 6.07. The van der Waals surface area contributed by atoms with E-state index in [4.69, 9.17) is 9.26 Å². The second-order valence-corrected chi connectivity index (χ2v) is 7.53. The van der Waals surface area contributed by atoms with Gasteiger partial charge in [0.1, 0.15) is 5.75 Å². The van der Waals surface area contributed by atoms with Crippen LogP contribution in [-0.2, 0) is 6.42 Å². The van der Waals surface area contributed by atoms with Gasteiger partial charge in [0, 0.05) is 17.8 Å². The number of hydrogen-bond donors (Lipinski definition) is 1. The summed E-state index contributed by atoms with van der Waals surface area (Å²) in [6.45, 7) is 8.14. The van der Waals surface area contributed by atoms with Crippen LogP contribution in [0.3, 0.4) is 0 Å². The van der Waals surface area contributed by atoms with Crippen molar-refractivity contribution in [3.05, 3.63) is 83.9 Å². The van der Waals surface area contributed by atoms with Gasteiger partial charge in [0.15, 0.2) is 0 Å². The molecule has 1 aliphatic heterocycles. The molecular formula is C25H26N4O3. The minimum atomic E-state index is -0.409. The van der Waals surface area contributed by atoms with Crippen LogP contribution in [0.2, 0.25) is 0 Å². The molecule has 0 aliphatic carbocycles. The molecule has 0 saturated heterocycles. The third kappa shape index (κ3) is 4.01. The van der Waals surface area contributed by atoms with Crippen molar-refractivity contribution < 1.29 is 14.1 Å². The SMILES string of the molecule is C=CCN1C(=O)NC(c2ccc(CC)cc2)C(c2nc(-c3cccc(OC)c3)no2)=C1C. The molecule has 3 aromatic rings. The van der Waals surface area contributed by atoms with E-state index in [9.17, 15) is 4.79 Å². The maximum atomic E-state index is 12.8. The van der Waals surface area contributed by atoms with Gasteiger partial charge in [-0.25, -0.2) is 4.79 Å². The highest BCUT2D eigenvalue weighted by Crippen LogP contribution is 2.37. The molecule has 7 nitrogen and oxygen atoms in total. The first-order chi connectivity index (χ1) is 15.5. The molecule has 7 heteroatoms. The molecular weight excluding hydrogens is 404 g/mol. The summed E-state index contributed by atoms with van der Waals surface area (Å²) in [4.78, 5) is 19.1. The van der Waals surface area contributed by atoms with Gasteiger partial charge in [-0.15, -0.1) is 6.58 Å². The monoisotopic (exact) mass is 430 g/mol. The van der Waals surface area contributed by atoms with Crippen molar-refractivity contribution in [3.8, 4) is 17.1 Å². The summed E-state index contributed by atoms with van der Waals surface area (Å²) in [7, 11) is 1.61. The zero-order chi connectivity index (χ0) is 22.7. The van der Waals surface area contributed by atoms with Crippen molar-refractivity contribution in [2.75, 3.05) is 13.7 Å². The number of carbonyl (C=O) groups is 1. The molecule has 2 aromatic carbocycles. The maximum Gasteiger partial charge on any atom is 0.322 e. The smallest absolute Gasteiger partial charge is 0.322 e. The van der Waals surface area contributed by atoms with Gasteiger partial charge in [0.25, 0.3) is 5.89 Å². The third-order valence-corrected chi connectivity index (χ3v) is 5.61. The quantitative estimate of drug-likeness (QED) is 0.534. The number of aromatic nitrogens is 2. The Bertz CT molecular complexity index is 1160. The lowest BCUT2D eigenvalue weighted by Gasteiger charge is -2.34. The van der Waals surface area contributed by atoms with E-state index in [1.165, 1.54) is 5.56 Å². The van der Waals surface area contributed by atoms with Crippen LogP contribution in [-0.4, -0.2) is 34.7 Å². The molecule has 1 N–H and O–H groups in total. The highest BCUT2D eigenvalue weighted by molar-refractivity contribution is 5.87. The van der Waals surface area contributed by atoms with Crippen LogP contribution in [0.5, 0.6) is 5.75 Å². The Balaban J connectivity index is 1.80. The van der Waals surface area contributed by atoms with Gasteiger partial charge in [-0.1, -0.05) is 54.6 Å². The molecule has 1 unspecified atom stereocenters. The molecule has 164 valence electrons. The van der Waals surface area contributed by atoms with E-state index < -0.39 is 6.04 Å². The molecule has 1 aromatic heterocycles. The molecule has 0 radical (unpaired) electrons. The average Bonchev–Trinajstić information content (AvgIpc) is 3.31. The van der Waals surface area contributed by atoms with E-state index in [2.05, 4.69) is 41.1 Å². The standard InChI is InChI=1S/C25H26N4O3/c1-5-14-29-16(3)21(22(26-25(29)30)18-12-10-17(6-2)11-13-18)24-27-23(28-32-24)19-8-7-9-20(15-19)31-4/h5,7-13,15,22H,1,6,14H2,2-4H3,(H,26,30). The molecule has 4 rings (SSSR count). The maximum absolute atomic E-state index is 12.8. The summed E-state index contributed by atoms with van der Waals surface area (Å²) in [5.41, 5.74) is 4.47. The van der Waals surface area contributed by atoms with E-state index in [1.807, 2.05) is 43.3 Å². The molecule has 2 heterocycles. The van der Waals surface area contributed by atoms with Gasteiger partial charge < -0.3 is 14.6 Å². The first-order valence-corrected chi connectivity index (χ1v) is 10.5. The third-order valence-electron chi connectivity index (χ3n) is 5.61. The van der Waals surface area contributed by atoms with Gasteiger partial charge in [-0.05, 0) is 36.6 Å². The number of nitrogens with zero attached hydrogens (tertiary/aromatic N) is 3. The largest absolute Gasteiger partial charge is 0.497 e. The van der Waals surface area contributed by atoms with Crippen LogP contribution in [0.25, 0.3) is 17.0 Å². The number of rotatable bonds is 7. The van der Waals surface area contributed by atoms with Crippen LogP contribution in [0.15, 0.2) is 71.4 Å². The van der Waals surface area contributed by atoms with Crippen LogP contribution < -0.4 is 10.1 Å². The molecule has 0 bridgehead atoms. The minimum absolute atomic E-state index is 0.191. The van der Waals surface area contributed by atoms with Gasteiger partial charge in [-0.3, -0.25) is 4.90 Å². The van der Waals surface area contributed by atoms with E-state index in [-0.39, 0.29) is 6.03 Å². The van der Waals surface area contributed by atoms with Gasteiger partial charge in [0.2, 0.25) is 5.82 Å². The topological polar surface area (TPSA) is 80.5 Å². The number of benzene rings is 2. The van der Waals surface area contributed by atoms with E-state index in [1.54, 1.807) is 18.1 Å². The number of methoxy groups -OCH3 is 1. The van der Waals surface area contributed by atoms with Crippen LogP contribution in [0, 0.1) is 0 Å².